The maximum atomic E-state index is 13.7. The van der Waals surface area contributed by atoms with E-state index in [1.165, 1.54) is 51.4 Å². The number of aromatic nitrogens is 2. The number of carbonyl (C=O) groups is 2. The van der Waals surface area contributed by atoms with Gasteiger partial charge in [-0.25, -0.2) is 4.68 Å². The van der Waals surface area contributed by atoms with Crippen molar-refractivity contribution in [3.63, 3.8) is 0 Å². The third-order valence-electron chi connectivity index (χ3n) is 9.46. The summed E-state index contributed by atoms with van der Waals surface area (Å²) in [5, 5.41) is 10.8. The van der Waals surface area contributed by atoms with Gasteiger partial charge in [0.25, 0.3) is 11.8 Å². The van der Waals surface area contributed by atoms with Crippen LogP contribution in [0, 0.1) is 29.6 Å². The normalized spacial score (nSPS) is 28.3. The molecular weight excluding hydrogens is 478 g/mol. The third-order valence-corrected chi connectivity index (χ3v) is 9.46. The smallest absolute Gasteiger partial charge is 0.258 e. The third kappa shape index (κ3) is 5.20. The van der Waals surface area contributed by atoms with Crippen LogP contribution in [0.1, 0.15) is 84.9 Å². The topological polar surface area (TPSA) is 111 Å². The van der Waals surface area contributed by atoms with Crippen molar-refractivity contribution in [1.29, 1.82) is 0 Å². The van der Waals surface area contributed by atoms with Crippen LogP contribution >= 0.6 is 0 Å². The summed E-state index contributed by atoms with van der Waals surface area (Å²) >= 11 is 0. The average Bonchev–Trinajstić information content (AvgIpc) is 3.37. The molecule has 7 rings (SSSR count). The molecule has 1 aromatic heterocycles. The Labute approximate surface area is 225 Å². The zero-order valence-electron chi connectivity index (χ0n) is 22.2. The fourth-order valence-electron chi connectivity index (χ4n) is 7.82. The van der Waals surface area contributed by atoms with Crippen molar-refractivity contribution in [3.05, 3.63) is 41.6 Å². The van der Waals surface area contributed by atoms with Crippen molar-refractivity contribution in [3.8, 4) is 11.6 Å². The summed E-state index contributed by atoms with van der Waals surface area (Å²) in [6, 6.07) is 7.51. The number of amides is 2. The van der Waals surface area contributed by atoms with Gasteiger partial charge in [0.1, 0.15) is 5.56 Å². The van der Waals surface area contributed by atoms with Crippen LogP contribution in [0.15, 0.2) is 30.5 Å². The highest BCUT2D eigenvalue weighted by Crippen LogP contribution is 2.53. The minimum absolute atomic E-state index is 0.0933. The van der Waals surface area contributed by atoms with Crippen LogP contribution in [-0.4, -0.2) is 47.3 Å². The highest BCUT2D eigenvalue weighted by Gasteiger charge is 2.48. The van der Waals surface area contributed by atoms with Crippen molar-refractivity contribution < 1.29 is 14.3 Å². The Hall–Kier alpha value is -2.87. The minimum Gasteiger partial charge on any atom is -0.477 e. The number of nitrogens with two attached hydrogens (primary N) is 1. The zero-order valence-corrected chi connectivity index (χ0v) is 22.2. The van der Waals surface area contributed by atoms with Crippen molar-refractivity contribution in [1.82, 2.24) is 20.4 Å². The van der Waals surface area contributed by atoms with Crippen molar-refractivity contribution in [2.75, 3.05) is 19.7 Å². The van der Waals surface area contributed by atoms with E-state index in [1.54, 1.807) is 23.0 Å². The Morgan fingerprint density at radius 1 is 1.00 bits per heavy atom. The quantitative estimate of drug-likeness (QED) is 0.462. The summed E-state index contributed by atoms with van der Waals surface area (Å²) in [4.78, 5) is 26.3. The van der Waals surface area contributed by atoms with Gasteiger partial charge in [0, 0.05) is 24.7 Å². The number of rotatable bonds is 9. The van der Waals surface area contributed by atoms with Crippen molar-refractivity contribution >= 4 is 11.8 Å². The van der Waals surface area contributed by atoms with E-state index in [-0.39, 0.29) is 17.9 Å². The summed E-state index contributed by atoms with van der Waals surface area (Å²) in [5.74, 6) is 3.59. The zero-order chi connectivity index (χ0) is 26.1. The van der Waals surface area contributed by atoms with Gasteiger partial charge in [0.05, 0.1) is 18.5 Å². The van der Waals surface area contributed by atoms with E-state index < -0.39 is 0 Å². The highest BCUT2D eigenvalue weighted by molar-refractivity contribution is 5.97. The van der Waals surface area contributed by atoms with Gasteiger partial charge in [-0.15, -0.1) is 0 Å². The lowest BCUT2D eigenvalue weighted by atomic mass is 9.54. The molecule has 204 valence electrons. The highest BCUT2D eigenvalue weighted by atomic mass is 16.5. The fourth-order valence-corrected chi connectivity index (χ4v) is 7.82. The number of hydrogen-bond donors (Lipinski definition) is 3. The van der Waals surface area contributed by atoms with E-state index in [0.717, 1.165) is 24.7 Å². The number of hydrogen-bond acceptors (Lipinski definition) is 5. The molecule has 8 heteroatoms. The molecule has 0 unspecified atom stereocenters. The second-order valence-electron chi connectivity index (χ2n) is 12.1. The van der Waals surface area contributed by atoms with Gasteiger partial charge >= 0.3 is 0 Å². The number of nitrogens with zero attached hydrogens (tertiary/aromatic N) is 2. The standard InChI is InChI=1S/C30H41N5O3/c31-9-10-32-28(36)22-7-4-8-25(16-22)35-30(38-18-19-5-2-1-3-6-19)26(17-33-35)29(37)34-27-23-12-20-11-21(14-23)15-24(27)13-20/h4,7-8,16-17,19-21,23-24,27H,1-3,5-6,9-15,18,31H2,(H,32,36)(H,34,37). The lowest BCUT2D eigenvalue weighted by molar-refractivity contribution is -0.0120. The van der Waals surface area contributed by atoms with Gasteiger partial charge in [0.2, 0.25) is 5.88 Å². The Morgan fingerprint density at radius 2 is 1.74 bits per heavy atom. The van der Waals surface area contributed by atoms with E-state index >= 15 is 0 Å². The van der Waals surface area contributed by atoms with Gasteiger partial charge in [-0.3, -0.25) is 9.59 Å². The molecule has 5 aliphatic rings. The van der Waals surface area contributed by atoms with E-state index in [1.807, 2.05) is 12.1 Å². The lowest BCUT2D eigenvalue weighted by Crippen LogP contribution is -2.55. The summed E-state index contributed by atoms with van der Waals surface area (Å²) in [5.41, 5.74) is 7.23. The number of benzene rings is 1. The molecule has 1 aromatic carbocycles. The lowest BCUT2D eigenvalue weighted by Gasteiger charge is -2.54. The van der Waals surface area contributed by atoms with Gasteiger partial charge in [0.15, 0.2) is 0 Å². The molecule has 2 amide bonds. The second-order valence-corrected chi connectivity index (χ2v) is 12.1. The number of carbonyl (C=O) groups excluding carboxylic acids is 2. The molecule has 0 radical (unpaired) electrons. The second kappa shape index (κ2) is 11.1. The van der Waals surface area contributed by atoms with E-state index in [9.17, 15) is 9.59 Å². The molecule has 5 fully saturated rings. The maximum absolute atomic E-state index is 13.7. The molecule has 2 aromatic rings. The Morgan fingerprint density at radius 3 is 2.45 bits per heavy atom. The summed E-state index contributed by atoms with van der Waals surface area (Å²) < 4.78 is 8.09. The molecule has 0 saturated heterocycles. The van der Waals surface area contributed by atoms with Crippen LogP contribution < -0.4 is 21.1 Å². The molecule has 0 spiro atoms. The predicted octanol–water partition coefficient (Wildman–Crippen LogP) is 4.07. The first kappa shape index (κ1) is 25.4. The minimum atomic E-state index is -0.186. The van der Waals surface area contributed by atoms with E-state index in [2.05, 4.69) is 15.7 Å². The monoisotopic (exact) mass is 519 g/mol. The van der Waals surface area contributed by atoms with Gasteiger partial charge in [-0.1, -0.05) is 25.3 Å². The van der Waals surface area contributed by atoms with Crippen LogP contribution in [0.25, 0.3) is 5.69 Å². The van der Waals surface area contributed by atoms with Gasteiger partial charge < -0.3 is 21.1 Å². The molecule has 5 aliphatic carbocycles. The van der Waals surface area contributed by atoms with E-state index in [0.29, 0.717) is 60.1 Å². The summed E-state index contributed by atoms with van der Waals surface area (Å²) in [6.07, 6.45) is 14.1. The molecule has 0 aliphatic heterocycles. The first-order valence-electron chi connectivity index (χ1n) is 14.7. The molecule has 0 atom stereocenters. The van der Waals surface area contributed by atoms with Crippen LogP contribution in [0.4, 0.5) is 0 Å². The van der Waals surface area contributed by atoms with Crippen LogP contribution in [0.2, 0.25) is 0 Å². The van der Waals surface area contributed by atoms with E-state index in [4.69, 9.17) is 10.5 Å². The SMILES string of the molecule is NCCNC(=O)c1cccc(-n2ncc(C(=O)NC3C4CC5CC(C4)CC3C5)c2OCC2CCCCC2)c1. The molecular formula is C30H41N5O3. The largest absolute Gasteiger partial charge is 0.477 e. The van der Waals surface area contributed by atoms with Gasteiger partial charge in [-0.05, 0) is 92.7 Å². The molecule has 8 nitrogen and oxygen atoms in total. The predicted molar refractivity (Wildman–Crippen MR) is 145 cm³/mol. The average molecular weight is 520 g/mol. The molecule has 1 heterocycles. The molecule has 4 N–H and O–H groups in total. The van der Waals surface area contributed by atoms with Crippen LogP contribution in [0.5, 0.6) is 5.88 Å². The van der Waals surface area contributed by atoms with Crippen LogP contribution in [-0.2, 0) is 0 Å². The molecule has 38 heavy (non-hydrogen) atoms. The Kier molecular flexibility index (Phi) is 7.41. The molecule has 5 saturated carbocycles. The number of nitrogens with one attached hydrogen (secondary N) is 2. The summed E-state index contributed by atoms with van der Waals surface area (Å²) in [7, 11) is 0. The fraction of sp³-hybridized carbons (Fsp3) is 0.633. The van der Waals surface area contributed by atoms with Crippen LogP contribution in [0.3, 0.4) is 0 Å². The Balaban J connectivity index is 1.25. The molecule has 4 bridgehead atoms. The van der Waals surface area contributed by atoms with Crippen molar-refractivity contribution in [2.45, 2.75) is 70.3 Å². The first-order valence-corrected chi connectivity index (χ1v) is 14.7. The van der Waals surface area contributed by atoms with Crippen molar-refractivity contribution in [2.24, 2.45) is 35.3 Å². The summed E-state index contributed by atoms with van der Waals surface area (Å²) in [6.45, 7) is 1.36. The maximum Gasteiger partial charge on any atom is 0.258 e. The van der Waals surface area contributed by atoms with Gasteiger partial charge in [-0.2, -0.15) is 5.10 Å². The Bertz CT molecular complexity index is 1130. The first-order chi connectivity index (χ1) is 18.6. The number of ether oxygens (including phenoxy) is 1.